The number of likely N-dealkylation sites (tertiary alicyclic amines) is 1. The van der Waals surface area contributed by atoms with Gasteiger partial charge in [-0.15, -0.1) is 0 Å². The number of hydrogen-bond acceptors (Lipinski definition) is 3. The van der Waals surface area contributed by atoms with Crippen molar-refractivity contribution in [2.45, 2.75) is 65.1 Å². The van der Waals surface area contributed by atoms with Crippen LogP contribution in [0.1, 0.15) is 45.6 Å². The molecule has 0 aliphatic carbocycles. The first-order valence-electron chi connectivity index (χ1n) is 8.17. The highest BCUT2D eigenvalue weighted by Crippen LogP contribution is 2.28. The Bertz CT molecular complexity index is 520. The van der Waals surface area contributed by atoms with E-state index in [0.29, 0.717) is 12.1 Å². The minimum atomic E-state index is -0.265. The Morgan fingerprint density at radius 1 is 1.32 bits per heavy atom. The second-order valence-electron chi connectivity index (χ2n) is 6.44. The van der Waals surface area contributed by atoms with Crippen LogP contribution in [0.2, 0.25) is 0 Å². The Morgan fingerprint density at radius 2 is 1.95 bits per heavy atom. The van der Waals surface area contributed by atoms with Crippen LogP contribution < -0.4 is 10.1 Å². The molecule has 4 nitrogen and oxygen atoms in total. The van der Waals surface area contributed by atoms with Crippen molar-refractivity contribution in [3.05, 3.63) is 23.8 Å². The highest BCUT2D eigenvalue weighted by molar-refractivity contribution is 5.85. The van der Waals surface area contributed by atoms with Gasteiger partial charge in [-0.25, -0.2) is 0 Å². The van der Waals surface area contributed by atoms with E-state index in [1.54, 1.807) is 7.11 Å². The van der Waals surface area contributed by atoms with Crippen LogP contribution in [-0.2, 0) is 4.79 Å². The molecule has 0 spiro atoms. The molecule has 3 atom stereocenters. The smallest absolute Gasteiger partial charge is 0.245 e. The molecular weight excluding hydrogens is 276 g/mol. The molecule has 0 unspecified atom stereocenters. The summed E-state index contributed by atoms with van der Waals surface area (Å²) in [6.07, 6.45) is 3.40. The van der Waals surface area contributed by atoms with Crippen molar-refractivity contribution in [1.82, 2.24) is 4.90 Å². The number of benzene rings is 1. The summed E-state index contributed by atoms with van der Waals surface area (Å²) in [6, 6.07) is 6.33. The zero-order valence-corrected chi connectivity index (χ0v) is 14.3. The molecule has 0 radical (unpaired) electrons. The van der Waals surface area contributed by atoms with Gasteiger partial charge in [-0.05, 0) is 64.7 Å². The predicted octanol–water partition coefficient (Wildman–Crippen LogP) is 3.59. The average molecular weight is 304 g/mol. The standard InChI is InChI=1S/C18H28N2O2/c1-12-9-10-17(22-5)16(11-12)19-15(4)18(21)20-13(2)7-6-8-14(20)3/h9-11,13-15,19H,6-8H2,1-5H3/t13-,14+,15-/m1/s1. The largest absolute Gasteiger partial charge is 0.495 e. The fourth-order valence-corrected chi connectivity index (χ4v) is 3.31. The highest BCUT2D eigenvalue weighted by Gasteiger charge is 2.31. The number of hydrogen-bond donors (Lipinski definition) is 1. The van der Waals surface area contributed by atoms with E-state index in [4.69, 9.17) is 4.74 Å². The van der Waals surface area contributed by atoms with Crippen molar-refractivity contribution in [1.29, 1.82) is 0 Å². The van der Waals surface area contributed by atoms with Gasteiger partial charge in [0.1, 0.15) is 11.8 Å². The number of anilines is 1. The van der Waals surface area contributed by atoms with Gasteiger partial charge in [0.15, 0.2) is 0 Å². The van der Waals surface area contributed by atoms with Gasteiger partial charge in [0, 0.05) is 12.1 Å². The molecule has 1 aliphatic rings. The first-order valence-corrected chi connectivity index (χ1v) is 8.17. The van der Waals surface area contributed by atoms with Gasteiger partial charge >= 0.3 is 0 Å². The molecule has 0 aromatic heterocycles. The van der Waals surface area contributed by atoms with Crippen molar-refractivity contribution >= 4 is 11.6 Å². The fraction of sp³-hybridized carbons (Fsp3) is 0.611. The van der Waals surface area contributed by atoms with Gasteiger partial charge < -0.3 is 15.0 Å². The number of ether oxygens (including phenoxy) is 1. The lowest BCUT2D eigenvalue weighted by Crippen LogP contribution is -2.52. The number of methoxy groups -OCH3 is 1. The molecule has 0 saturated carbocycles. The van der Waals surface area contributed by atoms with Crippen molar-refractivity contribution in [3.8, 4) is 5.75 Å². The van der Waals surface area contributed by atoms with Gasteiger partial charge in [0.05, 0.1) is 12.8 Å². The predicted molar refractivity (Wildman–Crippen MR) is 90.4 cm³/mol. The normalized spacial score (nSPS) is 23.0. The van der Waals surface area contributed by atoms with E-state index in [0.717, 1.165) is 29.8 Å². The molecule has 122 valence electrons. The first-order chi connectivity index (χ1) is 10.4. The number of rotatable bonds is 4. The molecule has 1 saturated heterocycles. The van der Waals surface area contributed by atoms with Crippen LogP contribution in [0.15, 0.2) is 18.2 Å². The number of carbonyl (C=O) groups is 1. The number of aryl methyl sites for hydroxylation is 1. The van der Waals surface area contributed by atoms with Crippen molar-refractivity contribution in [2.24, 2.45) is 0 Å². The third-order valence-electron chi connectivity index (χ3n) is 4.55. The van der Waals surface area contributed by atoms with Crippen LogP contribution >= 0.6 is 0 Å². The summed E-state index contributed by atoms with van der Waals surface area (Å²) < 4.78 is 5.38. The Morgan fingerprint density at radius 3 is 2.55 bits per heavy atom. The van der Waals surface area contributed by atoms with Gasteiger partial charge in [-0.2, -0.15) is 0 Å². The summed E-state index contributed by atoms with van der Waals surface area (Å²) in [7, 11) is 1.65. The average Bonchev–Trinajstić information content (AvgIpc) is 2.47. The van der Waals surface area contributed by atoms with Gasteiger partial charge in [0.25, 0.3) is 0 Å². The topological polar surface area (TPSA) is 41.6 Å². The van der Waals surface area contributed by atoms with E-state index in [1.165, 1.54) is 6.42 Å². The lowest BCUT2D eigenvalue weighted by molar-refractivity contribution is -0.137. The van der Waals surface area contributed by atoms with Crippen LogP contribution in [0.5, 0.6) is 5.75 Å². The summed E-state index contributed by atoms with van der Waals surface area (Å²) in [5, 5.41) is 3.32. The lowest BCUT2D eigenvalue weighted by Gasteiger charge is -2.40. The Hall–Kier alpha value is -1.71. The second-order valence-corrected chi connectivity index (χ2v) is 6.44. The summed E-state index contributed by atoms with van der Waals surface area (Å²) in [5.41, 5.74) is 2.02. The molecule has 4 heteroatoms. The number of amides is 1. The lowest BCUT2D eigenvalue weighted by atomic mass is 9.96. The van der Waals surface area contributed by atoms with Crippen molar-refractivity contribution in [2.75, 3.05) is 12.4 Å². The van der Waals surface area contributed by atoms with Crippen LogP contribution in [-0.4, -0.2) is 36.0 Å². The van der Waals surface area contributed by atoms with E-state index in [9.17, 15) is 4.79 Å². The molecule has 1 amide bonds. The van der Waals surface area contributed by atoms with Crippen molar-refractivity contribution < 1.29 is 9.53 Å². The molecule has 1 aromatic rings. The first kappa shape index (κ1) is 16.7. The molecule has 0 bridgehead atoms. The summed E-state index contributed by atoms with van der Waals surface area (Å²) in [5.74, 6) is 0.938. The van der Waals surface area contributed by atoms with Gasteiger partial charge in [-0.3, -0.25) is 4.79 Å². The number of nitrogens with one attached hydrogen (secondary N) is 1. The minimum Gasteiger partial charge on any atom is -0.495 e. The van der Waals surface area contributed by atoms with E-state index in [-0.39, 0.29) is 11.9 Å². The molecule has 22 heavy (non-hydrogen) atoms. The van der Waals surface area contributed by atoms with Crippen LogP contribution in [0.4, 0.5) is 5.69 Å². The summed E-state index contributed by atoms with van der Waals surface area (Å²) >= 11 is 0. The van der Waals surface area contributed by atoms with E-state index in [1.807, 2.05) is 36.9 Å². The molecule has 1 fully saturated rings. The van der Waals surface area contributed by atoms with Gasteiger partial charge in [0.2, 0.25) is 5.91 Å². The molecule has 2 rings (SSSR count). The molecular formula is C18H28N2O2. The number of nitrogens with zero attached hydrogens (tertiary/aromatic N) is 1. The Kier molecular flexibility index (Phi) is 5.33. The number of piperidine rings is 1. The SMILES string of the molecule is COc1ccc(C)cc1N[C@H](C)C(=O)N1[C@H](C)CCC[C@@H]1C. The zero-order chi connectivity index (χ0) is 16.3. The zero-order valence-electron chi connectivity index (χ0n) is 14.3. The monoisotopic (exact) mass is 304 g/mol. The Balaban J connectivity index is 2.13. The quantitative estimate of drug-likeness (QED) is 0.924. The van der Waals surface area contributed by atoms with E-state index >= 15 is 0 Å². The second kappa shape index (κ2) is 7.03. The van der Waals surface area contributed by atoms with Crippen LogP contribution in [0.25, 0.3) is 0 Å². The molecule has 1 aliphatic heterocycles. The Labute approximate surface area is 133 Å². The molecule has 1 heterocycles. The maximum atomic E-state index is 12.8. The van der Waals surface area contributed by atoms with Gasteiger partial charge in [-0.1, -0.05) is 6.07 Å². The maximum absolute atomic E-state index is 12.8. The summed E-state index contributed by atoms with van der Waals surface area (Å²) in [4.78, 5) is 14.9. The van der Waals surface area contributed by atoms with Crippen LogP contribution in [0, 0.1) is 6.92 Å². The van der Waals surface area contributed by atoms with Crippen molar-refractivity contribution in [3.63, 3.8) is 0 Å². The minimum absolute atomic E-state index is 0.170. The van der Waals surface area contributed by atoms with E-state index in [2.05, 4.69) is 19.2 Å². The van der Waals surface area contributed by atoms with E-state index < -0.39 is 0 Å². The molecule has 1 aromatic carbocycles. The highest BCUT2D eigenvalue weighted by atomic mass is 16.5. The summed E-state index contributed by atoms with van der Waals surface area (Å²) in [6.45, 7) is 8.26. The molecule has 1 N–H and O–H groups in total. The third kappa shape index (κ3) is 3.54. The third-order valence-corrected chi connectivity index (χ3v) is 4.55. The maximum Gasteiger partial charge on any atom is 0.245 e. The van der Waals surface area contributed by atoms with Crippen LogP contribution in [0.3, 0.4) is 0 Å². The fourth-order valence-electron chi connectivity index (χ4n) is 3.31. The number of carbonyl (C=O) groups excluding carboxylic acids is 1.